The lowest BCUT2D eigenvalue weighted by Gasteiger charge is -2.31. The van der Waals surface area contributed by atoms with Crippen molar-refractivity contribution in [1.29, 1.82) is 0 Å². The molecular formula is C23H35FN4O2. The van der Waals surface area contributed by atoms with Gasteiger partial charge in [0.15, 0.2) is 0 Å². The number of aliphatic hydroxyl groups is 1. The number of amidine groups is 1. The van der Waals surface area contributed by atoms with Crippen LogP contribution in [0.1, 0.15) is 34.1 Å². The highest BCUT2D eigenvalue weighted by Gasteiger charge is 2.21. The van der Waals surface area contributed by atoms with Gasteiger partial charge >= 0.3 is 0 Å². The number of primary amides is 1. The third kappa shape index (κ3) is 10.3. The number of nitrogens with one attached hydrogen (secondary N) is 1. The number of nitrogens with two attached hydrogens (primary N) is 1. The van der Waals surface area contributed by atoms with Gasteiger partial charge in [-0.15, -0.1) is 0 Å². The monoisotopic (exact) mass is 418 g/mol. The van der Waals surface area contributed by atoms with Crippen molar-refractivity contribution >= 4 is 11.7 Å². The van der Waals surface area contributed by atoms with E-state index in [2.05, 4.69) is 16.4 Å². The van der Waals surface area contributed by atoms with Gasteiger partial charge in [-0.05, 0) is 51.3 Å². The number of allylic oxidation sites excluding steroid dienone is 7. The Kier molecular flexibility index (Phi) is 11.0. The SMILES string of the molecule is C\C=C/C(=C\C=C\F)CC1=C/CN(CC(C)(C)O)/C(CN[C@@H](C)C(N)=O)=N\C/C=C\1. The molecule has 0 saturated heterocycles. The molecule has 0 unspecified atom stereocenters. The van der Waals surface area contributed by atoms with E-state index < -0.39 is 17.6 Å². The molecule has 1 amide bonds. The van der Waals surface area contributed by atoms with Crippen LogP contribution in [0.15, 0.2) is 65.0 Å². The molecule has 4 N–H and O–H groups in total. The van der Waals surface area contributed by atoms with Crippen molar-refractivity contribution in [3.63, 3.8) is 0 Å². The summed E-state index contributed by atoms with van der Waals surface area (Å²) in [7, 11) is 0. The second-order valence-electron chi connectivity index (χ2n) is 7.87. The van der Waals surface area contributed by atoms with Gasteiger partial charge in [-0.25, -0.2) is 4.39 Å². The van der Waals surface area contributed by atoms with Crippen molar-refractivity contribution < 1.29 is 14.3 Å². The van der Waals surface area contributed by atoms with Crippen LogP contribution in [0.2, 0.25) is 0 Å². The number of halogens is 1. The fourth-order valence-electron chi connectivity index (χ4n) is 2.91. The Morgan fingerprint density at radius 1 is 1.50 bits per heavy atom. The zero-order valence-corrected chi connectivity index (χ0v) is 18.4. The number of hydrogen-bond acceptors (Lipinski definition) is 5. The minimum absolute atomic E-state index is 0.363. The summed E-state index contributed by atoms with van der Waals surface area (Å²) < 4.78 is 12.4. The fourth-order valence-corrected chi connectivity index (χ4v) is 2.91. The molecule has 1 rings (SSSR count). The van der Waals surface area contributed by atoms with Gasteiger partial charge in [0.2, 0.25) is 5.91 Å². The Morgan fingerprint density at radius 2 is 2.23 bits per heavy atom. The number of β-amino-alcohol motifs (C(OH)–C–C–N with tert-alkyl or cyclic N) is 1. The van der Waals surface area contributed by atoms with Crippen LogP contribution in [0, 0.1) is 0 Å². The standard InChI is InChI=1S/C23H35FN4O2/c1-5-8-19(9-6-12-24)15-20-10-7-13-26-21(16-27-18(2)22(25)29)28(14-11-20)17-23(3,4)30/h5-12,18,27,30H,13-17H2,1-4H3,(H2,25,29)/b8-5-,10-7-,12-6+,19-9+,20-11+,26-21-/t18-/m0/s1. The summed E-state index contributed by atoms with van der Waals surface area (Å²) in [5.74, 6) is 0.317. The Labute approximate surface area is 179 Å². The van der Waals surface area contributed by atoms with E-state index in [1.807, 2.05) is 36.1 Å². The summed E-state index contributed by atoms with van der Waals surface area (Å²) in [6, 6.07) is -0.483. The lowest BCUT2D eigenvalue weighted by Crippen LogP contribution is -2.49. The first-order valence-electron chi connectivity index (χ1n) is 10.1. The van der Waals surface area contributed by atoms with E-state index in [-0.39, 0.29) is 0 Å². The molecule has 30 heavy (non-hydrogen) atoms. The summed E-state index contributed by atoms with van der Waals surface area (Å²) in [5, 5.41) is 13.5. The highest BCUT2D eigenvalue weighted by atomic mass is 19.1. The second-order valence-corrected chi connectivity index (χ2v) is 7.87. The van der Waals surface area contributed by atoms with Crippen LogP contribution in [0.3, 0.4) is 0 Å². The topological polar surface area (TPSA) is 91.0 Å². The van der Waals surface area contributed by atoms with E-state index in [4.69, 9.17) is 5.73 Å². The third-order valence-electron chi connectivity index (χ3n) is 4.39. The Bertz CT molecular complexity index is 743. The molecule has 1 aliphatic heterocycles. The summed E-state index contributed by atoms with van der Waals surface area (Å²) in [6.07, 6.45) is 14.2. The maximum atomic E-state index is 12.4. The average Bonchev–Trinajstić information content (AvgIpc) is 2.75. The zero-order valence-electron chi connectivity index (χ0n) is 18.4. The summed E-state index contributed by atoms with van der Waals surface area (Å²) in [6.45, 7) is 8.87. The van der Waals surface area contributed by atoms with Crippen molar-refractivity contribution in [1.82, 2.24) is 10.2 Å². The molecular weight excluding hydrogens is 383 g/mol. The molecule has 1 heterocycles. The maximum absolute atomic E-state index is 12.4. The molecule has 166 valence electrons. The van der Waals surface area contributed by atoms with E-state index in [9.17, 15) is 14.3 Å². The number of hydrogen-bond donors (Lipinski definition) is 3. The van der Waals surface area contributed by atoms with Crippen molar-refractivity contribution in [3.8, 4) is 0 Å². The molecule has 1 aliphatic rings. The van der Waals surface area contributed by atoms with E-state index in [1.165, 1.54) is 6.08 Å². The molecule has 0 aromatic heterocycles. The van der Waals surface area contributed by atoms with Crippen LogP contribution in [-0.2, 0) is 4.79 Å². The molecule has 0 saturated carbocycles. The van der Waals surface area contributed by atoms with Gasteiger partial charge in [-0.3, -0.25) is 15.1 Å². The number of rotatable bonds is 10. The lowest BCUT2D eigenvalue weighted by molar-refractivity contribution is -0.119. The first kappa shape index (κ1) is 25.5. The Balaban J connectivity index is 3.08. The van der Waals surface area contributed by atoms with Gasteiger partial charge < -0.3 is 15.7 Å². The quantitative estimate of drug-likeness (QED) is 0.476. The van der Waals surface area contributed by atoms with Gasteiger partial charge in [0.1, 0.15) is 5.84 Å². The van der Waals surface area contributed by atoms with E-state index >= 15 is 0 Å². The molecule has 0 bridgehead atoms. The van der Waals surface area contributed by atoms with Crippen LogP contribution in [0.4, 0.5) is 4.39 Å². The van der Waals surface area contributed by atoms with Crippen molar-refractivity contribution in [2.75, 3.05) is 26.2 Å². The largest absolute Gasteiger partial charge is 0.389 e. The first-order chi connectivity index (χ1) is 14.2. The average molecular weight is 419 g/mol. The molecule has 0 aliphatic carbocycles. The molecule has 0 aromatic carbocycles. The number of aliphatic imine (C=N–C) groups is 1. The molecule has 6 nitrogen and oxygen atoms in total. The predicted molar refractivity (Wildman–Crippen MR) is 122 cm³/mol. The molecule has 0 radical (unpaired) electrons. The van der Waals surface area contributed by atoms with Crippen molar-refractivity contribution in [2.45, 2.75) is 45.8 Å². The van der Waals surface area contributed by atoms with Crippen LogP contribution >= 0.6 is 0 Å². The second kappa shape index (κ2) is 12.9. The molecule has 1 atom stereocenters. The van der Waals surface area contributed by atoms with E-state index in [0.717, 1.165) is 17.0 Å². The smallest absolute Gasteiger partial charge is 0.234 e. The molecule has 0 fully saturated rings. The number of carbonyl (C=O) groups excluding carboxylic acids is 1. The van der Waals surface area contributed by atoms with Crippen LogP contribution < -0.4 is 11.1 Å². The number of nitrogens with zero attached hydrogens (tertiary/aromatic N) is 2. The minimum atomic E-state index is -0.923. The van der Waals surface area contributed by atoms with Gasteiger partial charge in [0.05, 0.1) is 31.1 Å². The maximum Gasteiger partial charge on any atom is 0.234 e. The van der Waals surface area contributed by atoms with Gasteiger partial charge in [0.25, 0.3) is 0 Å². The van der Waals surface area contributed by atoms with Gasteiger partial charge in [0, 0.05) is 13.1 Å². The highest BCUT2D eigenvalue weighted by molar-refractivity contribution is 5.86. The molecule has 7 heteroatoms. The minimum Gasteiger partial charge on any atom is -0.389 e. The normalized spacial score (nSPS) is 22.1. The van der Waals surface area contributed by atoms with E-state index in [1.54, 1.807) is 26.8 Å². The van der Waals surface area contributed by atoms with Crippen LogP contribution in [0.25, 0.3) is 0 Å². The summed E-state index contributed by atoms with van der Waals surface area (Å²) in [5.41, 5.74) is 6.47. The van der Waals surface area contributed by atoms with Crippen molar-refractivity contribution in [2.24, 2.45) is 10.7 Å². The summed E-state index contributed by atoms with van der Waals surface area (Å²) in [4.78, 5) is 18.0. The summed E-state index contributed by atoms with van der Waals surface area (Å²) >= 11 is 0. The Morgan fingerprint density at radius 3 is 2.83 bits per heavy atom. The fraction of sp³-hybridized carbons (Fsp3) is 0.478. The van der Waals surface area contributed by atoms with Gasteiger partial charge in [-0.1, -0.05) is 36.5 Å². The van der Waals surface area contributed by atoms with Gasteiger partial charge in [-0.2, -0.15) is 0 Å². The Hall–Kier alpha value is -2.51. The lowest BCUT2D eigenvalue weighted by atomic mass is 10.0. The van der Waals surface area contributed by atoms with Crippen LogP contribution in [0.5, 0.6) is 0 Å². The van der Waals surface area contributed by atoms with Crippen LogP contribution in [-0.4, -0.2) is 59.6 Å². The molecule has 0 aromatic rings. The third-order valence-corrected chi connectivity index (χ3v) is 4.39. The number of amides is 1. The van der Waals surface area contributed by atoms with Crippen molar-refractivity contribution in [3.05, 3.63) is 60.0 Å². The molecule has 0 spiro atoms. The van der Waals surface area contributed by atoms with E-state index in [0.29, 0.717) is 38.9 Å². The highest BCUT2D eigenvalue weighted by Crippen LogP contribution is 2.16. The zero-order chi connectivity index (χ0) is 22.6. The first-order valence-corrected chi connectivity index (χ1v) is 10.1. The number of carbonyl (C=O) groups is 1. The predicted octanol–water partition coefficient (Wildman–Crippen LogP) is 2.79.